The summed E-state index contributed by atoms with van der Waals surface area (Å²) in [6.45, 7) is 6.67. The molecule has 0 aliphatic carbocycles. The van der Waals surface area contributed by atoms with E-state index >= 15 is 0 Å². The average molecular weight is 538 g/mol. The largest absolute Gasteiger partial charge is 0.416 e. The molecule has 202 valence electrons. The van der Waals surface area contributed by atoms with Crippen LogP contribution >= 0.6 is 0 Å². The van der Waals surface area contributed by atoms with Gasteiger partial charge in [-0.15, -0.1) is 0 Å². The first-order chi connectivity index (χ1) is 17.5. The van der Waals surface area contributed by atoms with Crippen LogP contribution in [-0.2, 0) is 27.5 Å². The van der Waals surface area contributed by atoms with Gasteiger partial charge in [0.25, 0.3) is 5.91 Å². The highest BCUT2D eigenvalue weighted by Gasteiger charge is 2.53. The minimum atomic E-state index is -5.09. The van der Waals surface area contributed by atoms with Crippen LogP contribution in [-0.4, -0.2) is 28.1 Å². The number of carbonyl (C=O) groups excluding carboxylic acids is 2. The molecular weight excluding hydrogens is 514 g/mol. The number of hydrogen-bond donors (Lipinski definition) is 1. The van der Waals surface area contributed by atoms with Crippen LogP contribution in [0.3, 0.4) is 0 Å². The maximum absolute atomic E-state index is 13.8. The van der Waals surface area contributed by atoms with Gasteiger partial charge in [-0.05, 0) is 63.1 Å². The Morgan fingerprint density at radius 1 is 0.921 bits per heavy atom. The normalized spacial score (nSPS) is 18.3. The van der Waals surface area contributed by atoms with Gasteiger partial charge in [0, 0.05) is 17.1 Å². The Labute approximate surface area is 214 Å². The standard InChI is InChI=1S/C26H24F6N4O2/c1-14-6-5-7-15(2)22(14)35-13-24(12-21(35)37,36-17(4)8-16(3)34-36)23(38)33-20-10-18(25(27,28)29)9-19(11-20)26(30,31)32/h5-11H,12-13H2,1-4H3,(H,33,38). The lowest BCUT2D eigenvalue weighted by Crippen LogP contribution is -2.49. The van der Waals surface area contributed by atoms with Crippen molar-refractivity contribution < 1.29 is 35.9 Å². The molecule has 1 aliphatic rings. The molecule has 1 atom stereocenters. The summed E-state index contributed by atoms with van der Waals surface area (Å²) in [5, 5.41) is 6.59. The lowest BCUT2D eigenvalue weighted by Gasteiger charge is -2.30. The van der Waals surface area contributed by atoms with E-state index < -0.39 is 52.9 Å². The number of carbonyl (C=O) groups is 2. The summed E-state index contributed by atoms with van der Waals surface area (Å²) in [4.78, 5) is 28.5. The predicted molar refractivity (Wildman–Crippen MR) is 128 cm³/mol. The van der Waals surface area contributed by atoms with Gasteiger partial charge < -0.3 is 10.2 Å². The molecule has 0 spiro atoms. The van der Waals surface area contributed by atoms with Gasteiger partial charge in [-0.3, -0.25) is 14.3 Å². The van der Waals surface area contributed by atoms with Crippen molar-refractivity contribution in [2.24, 2.45) is 0 Å². The van der Waals surface area contributed by atoms with Crippen LogP contribution in [0.2, 0.25) is 0 Å². The Kier molecular flexibility index (Phi) is 6.57. The molecule has 1 unspecified atom stereocenters. The lowest BCUT2D eigenvalue weighted by atomic mass is 9.96. The molecule has 1 N–H and O–H groups in total. The number of halogens is 6. The zero-order chi connectivity index (χ0) is 28.2. The Morgan fingerprint density at radius 3 is 1.95 bits per heavy atom. The van der Waals surface area contributed by atoms with Crippen molar-refractivity contribution in [1.82, 2.24) is 9.78 Å². The third-order valence-electron chi connectivity index (χ3n) is 6.56. The first kappa shape index (κ1) is 27.2. The highest BCUT2D eigenvalue weighted by Crippen LogP contribution is 2.40. The second-order valence-electron chi connectivity index (χ2n) is 9.52. The summed E-state index contributed by atoms with van der Waals surface area (Å²) in [7, 11) is 0. The van der Waals surface area contributed by atoms with Gasteiger partial charge in [0.05, 0.1) is 29.8 Å². The Hall–Kier alpha value is -3.83. The summed E-state index contributed by atoms with van der Waals surface area (Å²) in [5.74, 6) is -1.40. The van der Waals surface area contributed by atoms with E-state index in [1.807, 2.05) is 6.07 Å². The average Bonchev–Trinajstić information content (AvgIpc) is 3.31. The molecule has 2 heterocycles. The summed E-state index contributed by atoms with van der Waals surface area (Å²) in [6, 6.07) is 7.90. The van der Waals surface area contributed by atoms with Crippen molar-refractivity contribution in [2.45, 2.75) is 52.0 Å². The van der Waals surface area contributed by atoms with Gasteiger partial charge in [0.2, 0.25) is 5.91 Å². The number of nitrogens with one attached hydrogen (secondary N) is 1. The number of rotatable bonds is 4. The van der Waals surface area contributed by atoms with E-state index in [-0.39, 0.29) is 12.6 Å². The minimum Gasteiger partial charge on any atom is -0.324 e. The van der Waals surface area contributed by atoms with Crippen molar-refractivity contribution in [3.63, 3.8) is 0 Å². The zero-order valence-corrected chi connectivity index (χ0v) is 20.9. The number of nitrogens with zero attached hydrogens (tertiary/aromatic N) is 3. The van der Waals surface area contributed by atoms with E-state index in [1.54, 1.807) is 45.9 Å². The quantitative estimate of drug-likeness (QED) is 0.419. The van der Waals surface area contributed by atoms with Gasteiger partial charge in [-0.1, -0.05) is 18.2 Å². The number of para-hydroxylation sites is 1. The van der Waals surface area contributed by atoms with E-state index in [1.165, 1.54) is 9.58 Å². The van der Waals surface area contributed by atoms with E-state index in [2.05, 4.69) is 10.4 Å². The molecule has 38 heavy (non-hydrogen) atoms. The molecule has 6 nitrogen and oxygen atoms in total. The first-order valence-electron chi connectivity index (χ1n) is 11.5. The maximum atomic E-state index is 13.8. The van der Waals surface area contributed by atoms with Crippen LogP contribution < -0.4 is 10.2 Å². The topological polar surface area (TPSA) is 67.2 Å². The first-order valence-corrected chi connectivity index (χ1v) is 11.5. The third kappa shape index (κ3) is 4.86. The molecule has 0 radical (unpaired) electrons. The monoisotopic (exact) mass is 538 g/mol. The van der Waals surface area contributed by atoms with Crippen LogP contribution in [0.5, 0.6) is 0 Å². The van der Waals surface area contributed by atoms with Crippen molar-refractivity contribution in [2.75, 3.05) is 16.8 Å². The second-order valence-corrected chi connectivity index (χ2v) is 9.52. The van der Waals surface area contributed by atoms with E-state index in [9.17, 15) is 35.9 Å². The van der Waals surface area contributed by atoms with Gasteiger partial charge in [0.1, 0.15) is 0 Å². The number of benzene rings is 2. The number of alkyl halides is 6. The Balaban J connectivity index is 1.82. The lowest BCUT2D eigenvalue weighted by molar-refractivity contribution is -0.143. The summed E-state index contributed by atoms with van der Waals surface area (Å²) in [6.07, 6.45) is -10.6. The fourth-order valence-corrected chi connectivity index (χ4v) is 4.91. The van der Waals surface area contributed by atoms with Crippen molar-refractivity contribution in [1.29, 1.82) is 0 Å². The molecule has 4 rings (SSSR count). The molecule has 2 aromatic carbocycles. The number of amides is 2. The van der Waals surface area contributed by atoms with Crippen LogP contribution in [0.25, 0.3) is 0 Å². The van der Waals surface area contributed by atoms with Crippen LogP contribution in [0.1, 0.15) is 40.1 Å². The molecule has 0 saturated carbocycles. The molecule has 12 heteroatoms. The van der Waals surface area contributed by atoms with E-state index in [0.717, 1.165) is 11.1 Å². The van der Waals surface area contributed by atoms with Gasteiger partial charge in [-0.2, -0.15) is 31.4 Å². The fourth-order valence-electron chi connectivity index (χ4n) is 4.91. The highest BCUT2D eigenvalue weighted by molar-refractivity contribution is 6.07. The third-order valence-corrected chi connectivity index (χ3v) is 6.56. The molecule has 1 aromatic heterocycles. The molecule has 3 aromatic rings. The fraction of sp³-hybridized carbons (Fsp3) is 0.346. The Bertz CT molecular complexity index is 1370. The molecule has 0 bridgehead atoms. The van der Waals surface area contributed by atoms with Crippen molar-refractivity contribution >= 4 is 23.2 Å². The van der Waals surface area contributed by atoms with Crippen molar-refractivity contribution in [3.05, 3.63) is 76.1 Å². The van der Waals surface area contributed by atoms with Crippen LogP contribution in [0.15, 0.2) is 42.5 Å². The molecule has 1 aliphatic heterocycles. The number of aromatic nitrogens is 2. The summed E-state index contributed by atoms with van der Waals surface area (Å²) < 4.78 is 81.7. The predicted octanol–water partition coefficient (Wildman–Crippen LogP) is 5.93. The zero-order valence-electron chi connectivity index (χ0n) is 20.9. The maximum Gasteiger partial charge on any atom is 0.416 e. The van der Waals surface area contributed by atoms with Crippen LogP contribution in [0, 0.1) is 27.7 Å². The number of aryl methyl sites for hydroxylation is 4. The number of anilines is 2. The Morgan fingerprint density at radius 2 is 1.47 bits per heavy atom. The second kappa shape index (κ2) is 9.17. The summed E-state index contributed by atoms with van der Waals surface area (Å²) in [5.41, 5.74) is -2.46. The van der Waals surface area contributed by atoms with E-state index in [4.69, 9.17) is 0 Å². The van der Waals surface area contributed by atoms with Crippen molar-refractivity contribution in [3.8, 4) is 0 Å². The smallest absolute Gasteiger partial charge is 0.324 e. The number of hydrogen-bond acceptors (Lipinski definition) is 3. The van der Waals surface area contributed by atoms with Gasteiger partial charge >= 0.3 is 12.4 Å². The molecular formula is C26H24F6N4O2. The minimum absolute atomic E-state index is 0.0196. The van der Waals surface area contributed by atoms with Crippen LogP contribution in [0.4, 0.5) is 37.7 Å². The van der Waals surface area contributed by atoms with Gasteiger partial charge in [-0.25, -0.2) is 0 Å². The van der Waals surface area contributed by atoms with Gasteiger partial charge in [0.15, 0.2) is 5.54 Å². The molecule has 1 saturated heterocycles. The highest BCUT2D eigenvalue weighted by atomic mass is 19.4. The molecule has 1 fully saturated rings. The van der Waals surface area contributed by atoms with E-state index in [0.29, 0.717) is 29.2 Å². The summed E-state index contributed by atoms with van der Waals surface area (Å²) >= 11 is 0. The molecule has 2 amide bonds. The SMILES string of the molecule is Cc1cc(C)n(C2(C(=O)Nc3cc(C(F)(F)F)cc(C(F)(F)F)c3)CC(=O)N(c3c(C)cccc3C)C2)n1.